The predicted octanol–water partition coefficient (Wildman–Crippen LogP) is 2.70. The molecule has 1 saturated heterocycles. The third-order valence-electron chi connectivity index (χ3n) is 5.97. The summed E-state index contributed by atoms with van der Waals surface area (Å²) in [6.07, 6.45) is 3.02. The highest BCUT2D eigenvalue weighted by atomic mass is 32.2. The molecule has 4 rings (SSSR count). The number of para-hydroxylation sites is 1. The van der Waals surface area contributed by atoms with Crippen LogP contribution in [0.2, 0.25) is 0 Å². The number of aryl methyl sites for hydroxylation is 1. The Balaban J connectivity index is 1.39. The first-order valence-electron chi connectivity index (χ1n) is 11.2. The standard InChI is InChI=1S/C24H28N4O5S/c1-18-15-20(22-6-2-3-7-23(22)26-18)16-33-21-9-13-28(14-10-21)34(31,32)24-19(5-4-11-25-24)8-12-27(30)17-29/h2-7,11,15,17,21,30H,8-10,12-14,16H2,1H3. The van der Waals surface area contributed by atoms with E-state index in [0.717, 1.165) is 22.2 Å². The van der Waals surface area contributed by atoms with Gasteiger partial charge in [-0.3, -0.25) is 15.0 Å². The molecule has 0 aliphatic carbocycles. The van der Waals surface area contributed by atoms with Gasteiger partial charge < -0.3 is 4.74 Å². The van der Waals surface area contributed by atoms with Crippen LogP contribution in [0.25, 0.3) is 10.9 Å². The second kappa shape index (κ2) is 10.6. The van der Waals surface area contributed by atoms with Gasteiger partial charge in [-0.25, -0.2) is 18.5 Å². The average molecular weight is 485 g/mol. The number of rotatable bonds is 9. The van der Waals surface area contributed by atoms with Crippen molar-refractivity contribution in [3.63, 3.8) is 0 Å². The van der Waals surface area contributed by atoms with Crippen molar-refractivity contribution in [2.75, 3.05) is 19.6 Å². The van der Waals surface area contributed by atoms with E-state index in [2.05, 4.69) is 9.97 Å². The van der Waals surface area contributed by atoms with Gasteiger partial charge in [0.05, 0.1) is 24.8 Å². The summed E-state index contributed by atoms with van der Waals surface area (Å²) >= 11 is 0. The zero-order valence-corrected chi connectivity index (χ0v) is 19.8. The highest BCUT2D eigenvalue weighted by Gasteiger charge is 2.32. The molecule has 0 atom stereocenters. The molecule has 1 fully saturated rings. The predicted molar refractivity (Wildman–Crippen MR) is 126 cm³/mol. The fourth-order valence-corrected chi connectivity index (χ4v) is 5.85. The van der Waals surface area contributed by atoms with Gasteiger partial charge in [-0.05, 0) is 55.5 Å². The SMILES string of the molecule is Cc1cc(COC2CCN(S(=O)(=O)c3ncccc3CCN(O)C=O)CC2)c2ccccc2n1. The van der Waals surface area contributed by atoms with Gasteiger partial charge in [-0.1, -0.05) is 24.3 Å². The number of pyridine rings is 2. The Morgan fingerprint density at radius 3 is 2.71 bits per heavy atom. The second-order valence-corrected chi connectivity index (χ2v) is 10.2. The van der Waals surface area contributed by atoms with E-state index in [-0.39, 0.29) is 30.5 Å². The fraction of sp³-hybridized carbons (Fsp3) is 0.375. The van der Waals surface area contributed by atoms with Crippen LogP contribution in [0.15, 0.2) is 53.7 Å². The molecule has 1 aliphatic heterocycles. The van der Waals surface area contributed by atoms with Crippen LogP contribution in [0.1, 0.15) is 29.7 Å². The first-order chi connectivity index (χ1) is 16.4. The number of amides is 1. The topological polar surface area (TPSA) is 113 Å². The fourth-order valence-electron chi connectivity index (χ4n) is 4.22. The smallest absolute Gasteiger partial charge is 0.260 e. The zero-order valence-electron chi connectivity index (χ0n) is 19.0. The van der Waals surface area contributed by atoms with Gasteiger partial charge in [0.1, 0.15) is 0 Å². The van der Waals surface area contributed by atoms with Crippen LogP contribution in [0.5, 0.6) is 0 Å². The van der Waals surface area contributed by atoms with Gasteiger partial charge in [0.15, 0.2) is 5.03 Å². The van der Waals surface area contributed by atoms with E-state index < -0.39 is 10.0 Å². The monoisotopic (exact) mass is 484 g/mol. The molecule has 0 radical (unpaired) electrons. The molecule has 0 saturated carbocycles. The second-order valence-electron chi connectivity index (χ2n) is 8.34. The van der Waals surface area contributed by atoms with E-state index in [9.17, 15) is 18.4 Å². The van der Waals surface area contributed by atoms with E-state index in [1.807, 2.05) is 37.3 Å². The summed E-state index contributed by atoms with van der Waals surface area (Å²) in [5.74, 6) is 0. The van der Waals surface area contributed by atoms with Gasteiger partial charge in [0.25, 0.3) is 10.0 Å². The van der Waals surface area contributed by atoms with Crippen molar-refractivity contribution in [2.24, 2.45) is 0 Å². The summed E-state index contributed by atoms with van der Waals surface area (Å²) in [5.41, 5.74) is 3.40. The van der Waals surface area contributed by atoms with Gasteiger partial charge in [-0.15, -0.1) is 0 Å². The summed E-state index contributed by atoms with van der Waals surface area (Å²) in [6, 6.07) is 13.3. The van der Waals surface area contributed by atoms with Crippen molar-refractivity contribution in [3.8, 4) is 0 Å². The molecule has 1 amide bonds. The third-order valence-corrected chi connectivity index (χ3v) is 7.87. The van der Waals surface area contributed by atoms with Crippen molar-refractivity contribution in [2.45, 2.75) is 43.9 Å². The number of hydrogen-bond donors (Lipinski definition) is 1. The molecule has 0 spiro atoms. The number of carbonyl (C=O) groups excluding carboxylic acids is 1. The van der Waals surface area contributed by atoms with Gasteiger partial charge >= 0.3 is 0 Å². The number of hydrogen-bond acceptors (Lipinski definition) is 7. The van der Waals surface area contributed by atoms with Crippen LogP contribution < -0.4 is 0 Å². The Morgan fingerprint density at radius 1 is 1.18 bits per heavy atom. The first-order valence-corrected chi connectivity index (χ1v) is 12.6. The van der Waals surface area contributed by atoms with Crippen LogP contribution in [0.3, 0.4) is 0 Å². The van der Waals surface area contributed by atoms with E-state index in [1.54, 1.807) is 12.1 Å². The van der Waals surface area contributed by atoms with Crippen LogP contribution >= 0.6 is 0 Å². The number of ether oxygens (including phenoxy) is 1. The third kappa shape index (κ3) is 5.41. The number of piperidine rings is 1. The molecule has 9 nitrogen and oxygen atoms in total. The van der Waals surface area contributed by atoms with Crippen molar-refractivity contribution < 1.29 is 23.2 Å². The minimum atomic E-state index is -3.80. The highest BCUT2D eigenvalue weighted by Crippen LogP contribution is 2.25. The number of carbonyl (C=O) groups is 1. The van der Waals surface area contributed by atoms with Gasteiger partial charge in [0, 0.05) is 30.4 Å². The molecule has 10 heteroatoms. The Labute approximate surface area is 199 Å². The lowest BCUT2D eigenvalue weighted by Crippen LogP contribution is -2.41. The Kier molecular flexibility index (Phi) is 7.52. The quantitative estimate of drug-likeness (QED) is 0.282. The number of hydroxylamine groups is 2. The minimum absolute atomic E-state index is 0.0171. The zero-order chi connectivity index (χ0) is 24.1. The number of fused-ring (bicyclic) bond motifs is 1. The molecule has 1 aromatic carbocycles. The van der Waals surface area contributed by atoms with Crippen LogP contribution in [-0.2, 0) is 32.6 Å². The van der Waals surface area contributed by atoms with Gasteiger partial charge in [0.2, 0.25) is 6.41 Å². The molecule has 1 N–H and O–H groups in total. The van der Waals surface area contributed by atoms with E-state index in [0.29, 0.717) is 43.2 Å². The number of nitrogens with zero attached hydrogens (tertiary/aromatic N) is 4. The largest absolute Gasteiger partial charge is 0.373 e. The van der Waals surface area contributed by atoms with Crippen LogP contribution in [0.4, 0.5) is 0 Å². The Hall–Kier alpha value is -2.92. The molecule has 34 heavy (non-hydrogen) atoms. The molecule has 2 aromatic heterocycles. The summed E-state index contributed by atoms with van der Waals surface area (Å²) in [7, 11) is -3.80. The van der Waals surface area contributed by atoms with Crippen molar-refractivity contribution in [1.29, 1.82) is 0 Å². The molecular formula is C24H28N4O5S. The maximum Gasteiger partial charge on any atom is 0.260 e. The minimum Gasteiger partial charge on any atom is -0.373 e. The Bertz CT molecular complexity index is 1260. The molecule has 0 bridgehead atoms. The van der Waals surface area contributed by atoms with Gasteiger partial charge in [-0.2, -0.15) is 4.31 Å². The van der Waals surface area contributed by atoms with Crippen molar-refractivity contribution in [1.82, 2.24) is 19.3 Å². The molecule has 3 aromatic rings. The normalized spacial score (nSPS) is 15.5. The number of sulfonamides is 1. The summed E-state index contributed by atoms with van der Waals surface area (Å²) in [6.45, 7) is 3.05. The lowest BCUT2D eigenvalue weighted by Gasteiger charge is -2.31. The lowest BCUT2D eigenvalue weighted by atomic mass is 10.1. The summed E-state index contributed by atoms with van der Waals surface area (Å²) < 4.78 is 34.1. The molecule has 3 heterocycles. The van der Waals surface area contributed by atoms with Crippen LogP contribution in [-0.4, -0.2) is 65.1 Å². The molecular weight excluding hydrogens is 456 g/mol. The van der Waals surface area contributed by atoms with Crippen LogP contribution in [0, 0.1) is 6.92 Å². The molecule has 180 valence electrons. The first kappa shape index (κ1) is 24.2. The van der Waals surface area contributed by atoms with E-state index in [4.69, 9.17) is 4.74 Å². The molecule has 0 unspecified atom stereocenters. The number of aromatic nitrogens is 2. The number of benzene rings is 1. The summed E-state index contributed by atoms with van der Waals surface area (Å²) in [5, 5.41) is 10.9. The highest BCUT2D eigenvalue weighted by molar-refractivity contribution is 7.89. The van der Waals surface area contributed by atoms with Crippen molar-refractivity contribution >= 4 is 27.3 Å². The maximum atomic E-state index is 13.3. The van der Waals surface area contributed by atoms with Crippen molar-refractivity contribution in [3.05, 3.63) is 65.5 Å². The maximum absolute atomic E-state index is 13.3. The van der Waals surface area contributed by atoms with E-state index in [1.165, 1.54) is 10.5 Å². The molecule has 1 aliphatic rings. The Morgan fingerprint density at radius 2 is 1.94 bits per heavy atom. The van der Waals surface area contributed by atoms with E-state index >= 15 is 0 Å². The summed E-state index contributed by atoms with van der Waals surface area (Å²) in [4.78, 5) is 19.3. The lowest BCUT2D eigenvalue weighted by molar-refractivity contribution is -0.149. The average Bonchev–Trinajstić information content (AvgIpc) is 2.86.